The van der Waals surface area contributed by atoms with Crippen molar-refractivity contribution in [2.24, 2.45) is 10.7 Å². The van der Waals surface area contributed by atoms with Crippen LogP contribution in [-0.4, -0.2) is 24.8 Å². The molecule has 0 spiro atoms. The molecule has 178 valence electrons. The van der Waals surface area contributed by atoms with Crippen LogP contribution in [0.2, 0.25) is 0 Å². The zero-order valence-corrected chi connectivity index (χ0v) is 21.4. The predicted molar refractivity (Wildman–Crippen MR) is 142 cm³/mol. The summed E-state index contributed by atoms with van der Waals surface area (Å²) in [6.45, 7) is 8.06. The minimum atomic E-state index is 0. The summed E-state index contributed by atoms with van der Waals surface area (Å²) >= 11 is 1.80. The number of hydrogen-bond donors (Lipinski definition) is 1. The Morgan fingerprint density at radius 3 is 2.16 bits per heavy atom. The Bertz CT molecular complexity index is 797. The van der Waals surface area contributed by atoms with Crippen molar-refractivity contribution in [3.05, 3.63) is 48.0 Å². The lowest BCUT2D eigenvalue weighted by Crippen LogP contribution is -2.12. The van der Waals surface area contributed by atoms with Crippen LogP contribution in [0.15, 0.2) is 52.4 Å². The molecule has 0 aliphatic carbocycles. The monoisotopic (exact) mass is 478 g/mol. The van der Waals surface area contributed by atoms with Gasteiger partial charge in [0, 0.05) is 10.5 Å². The van der Waals surface area contributed by atoms with Crippen LogP contribution in [0.5, 0.6) is 11.5 Å². The second-order valence-electron chi connectivity index (χ2n) is 7.61. The Morgan fingerprint density at radius 2 is 1.47 bits per heavy atom. The molecule has 0 unspecified atom stereocenters. The Morgan fingerprint density at radius 1 is 0.812 bits per heavy atom. The van der Waals surface area contributed by atoms with Gasteiger partial charge in [0.25, 0.3) is 0 Å². The summed E-state index contributed by atoms with van der Waals surface area (Å²) in [5.74, 6) is 3.31. The summed E-state index contributed by atoms with van der Waals surface area (Å²) in [7, 11) is 0. The van der Waals surface area contributed by atoms with Crippen molar-refractivity contribution in [2.75, 3.05) is 19.0 Å². The number of halogens is 1. The van der Waals surface area contributed by atoms with Gasteiger partial charge in [-0.3, -0.25) is 0 Å². The Labute approximate surface area is 204 Å². The minimum absolute atomic E-state index is 0. The summed E-state index contributed by atoms with van der Waals surface area (Å²) in [4.78, 5) is 5.83. The number of unbranched alkanes of at least 4 members (excludes halogenated alkanes) is 4. The highest BCUT2D eigenvalue weighted by molar-refractivity contribution is 7.99. The smallest absolute Gasteiger partial charge is 0.131 e. The fourth-order valence-corrected chi connectivity index (χ4v) is 3.86. The molecule has 0 amide bonds. The van der Waals surface area contributed by atoms with Gasteiger partial charge >= 0.3 is 0 Å². The summed E-state index contributed by atoms with van der Waals surface area (Å²) in [5, 5.41) is 0. The van der Waals surface area contributed by atoms with Crippen molar-refractivity contribution >= 4 is 35.7 Å². The molecule has 4 nitrogen and oxygen atoms in total. The Hall–Kier alpha value is -1.85. The van der Waals surface area contributed by atoms with E-state index in [1.165, 1.54) is 19.3 Å². The molecule has 0 radical (unpaired) electrons. The quantitative estimate of drug-likeness (QED) is 0.123. The SMILES string of the molecule is CCCCCCOc1ccc(N=C(N)c2ccc(OCCCC)cc2)c(SCCC)c1.Cl. The van der Waals surface area contributed by atoms with Crippen molar-refractivity contribution in [3.8, 4) is 11.5 Å². The number of rotatable bonds is 15. The van der Waals surface area contributed by atoms with Crippen molar-refractivity contribution < 1.29 is 9.47 Å². The van der Waals surface area contributed by atoms with Crippen LogP contribution in [0, 0.1) is 0 Å². The van der Waals surface area contributed by atoms with E-state index in [2.05, 4.69) is 26.8 Å². The van der Waals surface area contributed by atoms with Gasteiger partial charge in [-0.15, -0.1) is 24.2 Å². The van der Waals surface area contributed by atoms with Gasteiger partial charge in [-0.2, -0.15) is 0 Å². The highest BCUT2D eigenvalue weighted by Crippen LogP contribution is 2.34. The van der Waals surface area contributed by atoms with Crippen LogP contribution >= 0.6 is 24.2 Å². The summed E-state index contributed by atoms with van der Waals surface area (Å²) in [5.41, 5.74) is 8.11. The molecule has 0 saturated heterocycles. The van der Waals surface area contributed by atoms with Crippen molar-refractivity contribution in [3.63, 3.8) is 0 Å². The average Bonchev–Trinajstić information content (AvgIpc) is 2.79. The molecule has 0 aliphatic rings. The molecule has 0 saturated carbocycles. The van der Waals surface area contributed by atoms with Gasteiger partial charge < -0.3 is 15.2 Å². The van der Waals surface area contributed by atoms with E-state index < -0.39 is 0 Å². The van der Waals surface area contributed by atoms with E-state index in [4.69, 9.17) is 20.2 Å². The van der Waals surface area contributed by atoms with Crippen LogP contribution in [0.1, 0.15) is 71.3 Å². The maximum absolute atomic E-state index is 6.33. The van der Waals surface area contributed by atoms with Crippen LogP contribution in [0.25, 0.3) is 0 Å². The van der Waals surface area contributed by atoms with Gasteiger partial charge in [-0.25, -0.2) is 4.99 Å². The number of amidine groups is 1. The summed E-state index contributed by atoms with van der Waals surface area (Å²) in [6, 6.07) is 13.9. The third-order valence-corrected chi connectivity index (χ3v) is 6.07. The van der Waals surface area contributed by atoms with Crippen molar-refractivity contribution in [2.45, 2.75) is 70.6 Å². The fourth-order valence-electron chi connectivity index (χ4n) is 2.97. The predicted octanol–water partition coefficient (Wildman–Crippen LogP) is 7.79. The molecule has 0 atom stereocenters. The fraction of sp³-hybridized carbons (Fsp3) is 0.500. The highest BCUT2D eigenvalue weighted by Gasteiger charge is 2.08. The molecular formula is C26H39ClN2O2S. The van der Waals surface area contributed by atoms with E-state index in [0.29, 0.717) is 5.84 Å². The van der Waals surface area contributed by atoms with Gasteiger partial charge in [0.2, 0.25) is 0 Å². The number of hydrogen-bond acceptors (Lipinski definition) is 4. The van der Waals surface area contributed by atoms with Crippen LogP contribution in [0.3, 0.4) is 0 Å². The molecule has 32 heavy (non-hydrogen) atoms. The van der Waals surface area contributed by atoms with Gasteiger partial charge in [0.15, 0.2) is 0 Å². The number of benzene rings is 2. The highest BCUT2D eigenvalue weighted by atomic mass is 35.5. The first-order valence-electron chi connectivity index (χ1n) is 11.6. The van der Waals surface area contributed by atoms with Crippen molar-refractivity contribution in [1.82, 2.24) is 0 Å². The second kappa shape index (κ2) is 16.7. The Balaban J connectivity index is 0.00000512. The van der Waals surface area contributed by atoms with E-state index >= 15 is 0 Å². The maximum atomic E-state index is 6.33. The zero-order valence-electron chi connectivity index (χ0n) is 19.8. The summed E-state index contributed by atoms with van der Waals surface area (Å²) in [6.07, 6.45) is 8.09. The number of ether oxygens (including phenoxy) is 2. The first kappa shape index (κ1) is 28.2. The largest absolute Gasteiger partial charge is 0.494 e. The minimum Gasteiger partial charge on any atom is -0.494 e. The number of nitrogens with zero attached hydrogens (tertiary/aromatic N) is 1. The number of aliphatic imine (C=N–C) groups is 1. The lowest BCUT2D eigenvalue weighted by atomic mass is 10.2. The average molecular weight is 479 g/mol. The van der Waals surface area contributed by atoms with E-state index in [-0.39, 0.29) is 12.4 Å². The van der Waals surface area contributed by atoms with Crippen molar-refractivity contribution in [1.29, 1.82) is 0 Å². The molecule has 0 bridgehead atoms. The molecule has 2 rings (SSSR count). The van der Waals surface area contributed by atoms with Gasteiger partial charge in [0.1, 0.15) is 17.3 Å². The van der Waals surface area contributed by atoms with Crippen LogP contribution in [0.4, 0.5) is 5.69 Å². The molecule has 0 fully saturated rings. The number of nitrogens with two attached hydrogens (primary N) is 1. The first-order valence-corrected chi connectivity index (χ1v) is 12.6. The Kier molecular flexibility index (Phi) is 14.7. The van der Waals surface area contributed by atoms with E-state index in [0.717, 1.165) is 72.3 Å². The lowest BCUT2D eigenvalue weighted by molar-refractivity contribution is 0.304. The van der Waals surface area contributed by atoms with E-state index in [1.54, 1.807) is 11.8 Å². The third-order valence-electron chi connectivity index (χ3n) is 4.82. The normalized spacial score (nSPS) is 11.2. The second-order valence-corrected chi connectivity index (χ2v) is 8.75. The van der Waals surface area contributed by atoms with Gasteiger partial charge in [-0.1, -0.05) is 46.5 Å². The first-order chi connectivity index (χ1) is 15.2. The van der Waals surface area contributed by atoms with Crippen LogP contribution < -0.4 is 15.2 Å². The molecule has 2 aromatic rings. The molecule has 0 aromatic heterocycles. The van der Waals surface area contributed by atoms with Gasteiger partial charge in [-0.05, 0) is 67.5 Å². The molecule has 0 aliphatic heterocycles. The standard InChI is InChI=1S/C26H38N2O2S.ClH/c1-4-7-9-10-18-30-23-15-16-24(25(20-23)31-19-6-3)28-26(27)21-11-13-22(14-12-21)29-17-8-5-2;/h11-16,20H,4-10,17-19H2,1-3H3,(H2,27,28);1H. The maximum Gasteiger partial charge on any atom is 0.131 e. The third kappa shape index (κ3) is 10.2. The van der Waals surface area contributed by atoms with E-state index in [9.17, 15) is 0 Å². The molecule has 6 heteroatoms. The number of thioether (sulfide) groups is 1. The van der Waals surface area contributed by atoms with Crippen LogP contribution in [-0.2, 0) is 0 Å². The molecular weight excluding hydrogens is 440 g/mol. The topological polar surface area (TPSA) is 56.8 Å². The molecule has 2 aromatic carbocycles. The zero-order chi connectivity index (χ0) is 22.3. The summed E-state index contributed by atoms with van der Waals surface area (Å²) < 4.78 is 11.7. The molecule has 0 heterocycles. The lowest BCUT2D eigenvalue weighted by Gasteiger charge is -2.11. The molecule has 2 N–H and O–H groups in total. The van der Waals surface area contributed by atoms with Gasteiger partial charge in [0.05, 0.1) is 18.9 Å². The van der Waals surface area contributed by atoms with E-state index in [1.807, 2.05) is 36.4 Å².